The average molecular weight is 318 g/mol. The Morgan fingerprint density at radius 3 is 2.14 bits per heavy atom. The van der Waals surface area contributed by atoms with Crippen LogP contribution in [-0.4, -0.2) is 50.3 Å². The van der Waals surface area contributed by atoms with Crippen LogP contribution < -0.4 is 5.32 Å². The van der Waals surface area contributed by atoms with Crippen molar-refractivity contribution in [3.05, 3.63) is 0 Å². The molecule has 0 aromatic carbocycles. The summed E-state index contributed by atoms with van der Waals surface area (Å²) >= 11 is 0. The van der Waals surface area contributed by atoms with E-state index in [4.69, 9.17) is 0 Å². The Morgan fingerprint density at radius 2 is 1.62 bits per heavy atom. The first-order valence-corrected chi connectivity index (χ1v) is 9.38. The van der Waals surface area contributed by atoms with Gasteiger partial charge >= 0.3 is 6.09 Å². The summed E-state index contributed by atoms with van der Waals surface area (Å²) in [5.74, 6) is 0. The van der Waals surface area contributed by atoms with Gasteiger partial charge in [-0.25, -0.2) is 17.5 Å². The molecule has 1 aliphatic carbocycles. The van der Waals surface area contributed by atoms with Crippen LogP contribution in [-0.2, 0) is 14.8 Å². The molecule has 21 heavy (non-hydrogen) atoms. The fraction of sp³-hybridized carbons (Fsp3) is 0.929. The third-order valence-electron chi connectivity index (χ3n) is 4.53. The molecule has 0 aromatic rings. The topological polar surface area (TPSA) is 75.7 Å². The number of amides is 1. The van der Waals surface area contributed by atoms with E-state index in [1.54, 1.807) is 4.31 Å². The standard InChI is InChI=1S/C14H26N2O4S/c1-20-14(17)15-12-6-8-13(9-7-12)21(18,19)16-10-4-2-3-5-11-16/h12-13H,2-11H2,1H3,(H,15,17). The molecule has 7 heteroatoms. The van der Waals surface area contributed by atoms with Crippen LogP contribution in [0.5, 0.6) is 0 Å². The van der Waals surface area contributed by atoms with Crippen molar-refractivity contribution in [2.24, 2.45) is 0 Å². The number of nitrogens with zero attached hydrogens (tertiary/aromatic N) is 1. The summed E-state index contributed by atoms with van der Waals surface area (Å²) < 4.78 is 31.7. The molecule has 2 rings (SSSR count). The van der Waals surface area contributed by atoms with Gasteiger partial charge < -0.3 is 10.1 Å². The number of carbonyl (C=O) groups excluding carboxylic acids is 1. The lowest BCUT2D eigenvalue weighted by molar-refractivity contribution is 0.163. The number of sulfonamides is 1. The van der Waals surface area contributed by atoms with Gasteiger partial charge in [-0.15, -0.1) is 0 Å². The molecule has 0 spiro atoms. The molecule has 6 nitrogen and oxygen atoms in total. The Hall–Kier alpha value is -0.820. The van der Waals surface area contributed by atoms with Crippen molar-refractivity contribution in [2.45, 2.75) is 62.7 Å². The maximum Gasteiger partial charge on any atom is 0.407 e. The predicted octanol–water partition coefficient (Wildman–Crippen LogP) is 1.86. The van der Waals surface area contributed by atoms with Crippen molar-refractivity contribution < 1.29 is 17.9 Å². The number of rotatable bonds is 3. The molecule has 1 heterocycles. The molecule has 2 aliphatic rings. The monoisotopic (exact) mass is 318 g/mol. The smallest absolute Gasteiger partial charge is 0.407 e. The maximum absolute atomic E-state index is 12.7. The molecular formula is C14H26N2O4S. The zero-order valence-electron chi connectivity index (χ0n) is 12.7. The van der Waals surface area contributed by atoms with Gasteiger partial charge in [0.05, 0.1) is 12.4 Å². The zero-order chi connectivity index (χ0) is 15.3. The second-order valence-corrected chi connectivity index (χ2v) is 8.18. The summed E-state index contributed by atoms with van der Waals surface area (Å²) in [5, 5.41) is 2.47. The van der Waals surface area contributed by atoms with Crippen molar-refractivity contribution in [3.63, 3.8) is 0 Å². The maximum atomic E-state index is 12.7. The van der Waals surface area contributed by atoms with Gasteiger partial charge in [0.15, 0.2) is 0 Å². The van der Waals surface area contributed by atoms with Gasteiger partial charge in [-0.2, -0.15) is 0 Å². The van der Waals surface area contributed by atoms with E-state index in [0.29, 0.717) is 38.8 Å². The summed E-state index contributed by atoms with van der Waals surface area (Å²) in [6.07, 6.45) is 6.40. The number of methoxy groups -OCH3 is 1. The minimum atomic E-state index is -3.18. The molecule has 0 atom stereocenters. The van der Waals surface area contributed by atoms with Crippen molar-refractivity contribution in [2.75, 3.05) is 20.2 Å². The van der Waals surface area contributed by atoms with Gasteiger partial charge in [0.2, 0.25) is 10.0 Å². The van der Waals surface area contributed by atoms with Gasteiger partial charge in [0.1, 0.15) is 0 Å². The zero-order valence-corrected chi connectivity index (χ0v) is 13.5. The highest BCUT2D eigenvalue weighted by molar-refractivity contribution is 7.89. The third kappa shape index (κ3) is 4.32. The first kappa shape index (κ1) is 16.5. The van der Waals surface area contributed by atoms with Gasteiger partial charge in [-0.05, 0) is 38.5 Å². The Bertz CT molecular complexity index is 436. The molecule has 0 bridgehead atoms. The number of hydrogen-bond donors (Lipinski definition) is 1. The fourth-order valence-corrected chi connectivity index (χ4v) is 5.29. The van der Waals surface area contributed by atoms with Gasteiger partial charge in [-0.1, -0.05) is 12.8 Å². The summed E-state index contributed by atoms with van der Waals surface area (Å²) in [5.41, 5.74) is 0. The average Bonchev–Trinajstić information content (AvgIpc) is 2.77. The highest BCUT2D eigenvalue weighted by Crippen LogP contribution is 2.28. The predicted molar refractivity (Wildman–Crippen MR) is 80.5 cm³/mol. The largest absolute Gasteiger partial charge is 0.453 e. The summed E-state index contributed by atoms with van der Waals surface area (Å²) in [6.45, 7) is 1.34. The quantitative estimate of drug-likeness (QED) is 0.862. The van der Waals surface area contributed by atoms with Crippen LogP contribution in [0.15, 0.2) is 0 Å². The van der Waals surface area contributed by atoms with Crippen molar-refractivity contribution in [1.29, 1.82) is 0 Å². The Morgan fingerprint density at radius 1 is 1.05 bits per heavy atom. The van der Waals surface area contributed by atoms with Crippen LogP contribution in [0.2, 0.25) is 0 Å². The molecule has 0 aromatic heterocycles. The second kappa shape index (κ2) is 7.45. The Labute approximate surface area is 127 Å². The van der Waals surface area contributed by atoms with Crippen molar-refractivity contribution in [1.82, 2.24) is 9.62 Å². The molecule has 0 unspecified atom stereocenters. The van der Waals surface area contributed by atoms with E-state index >= 15 is 0 Å². The molecule has 122 valence electrons. The molecule has 0 radical (unpaired) electrons. The number of alkyl carbamates (subject to hydrolysis) is 1. The molecule has 1 saturated carbocycles. The normalized spacial score (nSPS) is 28.6. The first-order chi connectivity index (χ1) is 10.0. The number of nitrogens with one attached hydrogen (secondary N) is 1. The van der Waals surface area contributed by atoms with E-state index in [0.717, 1.165) is 25.7 Å². The Balaban J connectivity index is 1.89. The minimum Gasteiger partial charge on any atom is -0.453 e. The molecular weight excluding hydrogens is 292 g/mol. The van der Waals surface area contributed by atoms with Gasteiger partial charge in [0.25, 0.3) is 0 Å². The van der Waals surface area contributed by atoms with E-state index in [9.17, 15) is 13.2 Å². The highest BCUT2D eigenvalue weighted by Gasteiger charge is 2.35. The van der Waals surface area contributed by atoms with Crippen molar-refractivity contribution in [3.8, 4) is 0 Å². The van der Waals surface area contributed by atoms with Crippen LogP contribution in [0.1, 0.15) is 51.4 Å². The fourth-order valence-electron chi connectivity index (χ4n) is 3.24. The minimum absolute atomic E-state index is 0.0352. The van der Waals surface area contributed by atoms with Crippen LogP contribution in [0.4, 0.5) is 4.79 Å². The van der Waals surface area contributed by atoms with Crippen LogP contribution in [0, 0.1) is 0 Å². The summed E-state index contributed by atoms with van der Waals surface area (Å²) in [4.78, 5) is 11.2. The lowest BCUT2D eigenvalue weighted by Gasteiger charge is -2.32. The number of carbonyl (C=O) groups is 1. The number of hydrogen-bond acceptors (Lipinski definition) is 4. The molecule has 1 saturated heterocycles. The van der Waals surface area contributed by atoms with E-state index in [2.05, 4.69) is 10.1 Å². The highest BCUT2D eigenvalue weighted by atomic mass is 32.2. The molecule has 2 fully saturated rings. The SMILES string of the molecule is COC(=O)NC1CCC(S(=O)(=O)N2CCCCCC2)CC1. The van der Waals surface area contributed by atoms with Gasteiger partial charge in [-0.3, -0.25) is 0 Å². The van der Waals surface area contributed by atoms with E-state index < -0.39 is 16.1 Å². The molecule has 1 aliphatic heterocycles. The van der Waals surface area contributed by atoms with E-state index in [1.807, 2.05) is 0 Å². The van der Waals surface area contributed by atoms with E-state index in [-0.39, 0.29) is 11.3 Å². The molecule has 1 N–H and O–H groups in total. The van der Waals surface area contributed by atoms with Crippen LogP contribution in [0.3, 0.4) is 0 Å². The second-order valence-electron chi connectivity index (χ2n) is 5.97. The summed E-state index contributed by atoms with van der Waals surface area (Å²) in [7, 11) is -1.84. The van der Waals surface area contributed by atoms with Gasteiger partial charge in [0, 0.05) is 19.1 Å². The lowest BCUT2D eigenvalue weighted by Crippen LogP contribution is -2.44. The van der Waals surface area contributed by atoms with Crippen LogP contribution in [0.25, 0.3) is 0 Å². The molecule has 1 amide bonds. The van der Waals surface area contributed by atoms with E-state index in [1.165, 1.54) is 7.11 Å². The third-order valence-corrected chi connectivity index (χ3v) is 6.93. The Kier molecular flexibility index (Phi) is 5.87. The summed E-state index contributed by atoms with van der Waals surface area (Å²) in [6, 6.07) is 0.0352. The number of ether oxygens (including phenoxy) is 1. The van der Waals surface area contributed by atoms with Crippen LogP contribution >= 0.6 is 0 Å². The first-order valence-electron chi connectivity index (χ1n) is 7.87. The lowest BCUT2D eigenvalue weighted by atomic mass is 9.95. The van der Waals surface area contributed by atoms with Crippen molar-refractivity contribution >= 4 is 16.1 Å².